The molecule has 0 saturated carbocycles. The van der Waals surface area contributed by atoms with E-state index in [1.54, 1.807) is 18.2 Å². The molecule has 2 aromatic carbocycles. The summed E-state index contributed by atoms with van der Waals surface area (Å²) in [6, 6.07) is 11.0. The van der Waals surface area contributed by atoms with Crippen molar-refractivity contribution in [3.8, 4) is 0 Å². The van der Waals surface area contributed by atoms with E-state index in [0.29, 0.717) is 45.9 Å². The molecule has 8 heteroatoms. The molecule has 1 atom stereocenters. The van der Waals surface area contributed by atoms with Crippen molar-refractivity contribution >= 4 is 5.91 Å². The highest BCUT2D eigenvalue weighted by Crippen LogP contribution is 2.49. The number of halogens is 2. The summed E-state index contributed by atoms with van der Waals surface area (Å²) in [5.74, 6) is -2.54. The van der Waals surface area contributed by atoms with Gasteiger partial charge in [-0.3, -0.25) is 4.79 Å². The van der Waals surface area contributed by atoms with E-state index >= 15 is 0 Å². The predicted octanol–water partition coefficient (Wildman–Crippen LogP) is 3.87. The molecule has 3 saturated heterocycles. The Bertz CT molecular complexity index is 1090. The zero-order chi connectivity index (χ0) is 24.0. The van der Waals surface area contributed by atoms with Crippen LogP contribution >= 0.6 is 0 Å². The summed E-state index contributed by atoms with van der Waals surface area (Å²) in [6.07, 6.45) is 2.26. The van der Waals surface area contributed by atoms with Crippen LogP contribution < -0.4 is 0 Å². The maximum Gasteiger partial charge on any atom is 0.223 e. The fourth-order valence-electron chi connectivity index (χ4n) is 6.31. The zero-order valence-corrected chi connectivity index (χ0v) is 19.5. The van der Waals surface area contributed by atoms with Gasteiger partial charge in [-0.25, -0.2) is 8.78 Å². The zero-order valence-electron chi connectivity index (χ0n) is 19.5. The second-order valence-corrected chi connectivity index (χ2v) is 9.80. The van der Waals surface area contributed by atoms with Gasteiger partial charge in [-0.05, 0) is 49.1 Å². The van der Waals surface area contributed by atoms with E-state index in [9.17, 15) is 13.6 Å². The Morgan fingerprint density at radius 3 is 2.11 bits per heavy atom. The van der Waals surface area contributed by atoms with Crippen LogP contribution in [0.25, 0.3) is 0 Å². The van der Waals surface area contributed by atoms with E-state index in [4.69, 9.17) is 18.9 Å². The quantitative estimate of drug-likeness (QED) is 0.658. The third kappa shape index (κ3) is 3.87. The van der Waals surface area contributed by atoms with Gasteiger partial charge in [-0.15, -0.1) is 0 Å². The normalized spacial score (nSPS) is 25.3. The average Bonchev–Trinajstić information content (AvgIpc) is 3.61. The minimum atomic E-state index is -0.963. The van der Waals surface area contributed by atoms with Gasteiger partial charge in [0.25, 0.3) is 0 Å². The SMILES string of the molecule is O=C(CC1Cc2cc(F)ccc2C12OCCO2)N1CCC(C2(c3ccc(F)cc3)OCCO2)CC1. The summed E-state index contributed by atoms with van der Waals surface area (Å²) in [6.45, 7) is 3.06. The summed E-state index contributed by atoms with van der Waals surface area (Å²) >= 11 is 0. The van der Waals surface area contributed by atoms with E-state index in [-0.39, 0.29) is 35.8 Å². The fraction of sp³-hybridized carbons (Fsp3) is 0.519. The van der Waals surface area contributed by atoms with Crippen LogP contribution in [0.3, 0.4) is 0 Å². The summed E-state index contributed by atoms with van der Waals surface area (Å²) < 4.78 is 51.7. The van der Waals surface area contributed by atoms with Crippen molar-refractivity contribution in [1.82, 2.24) is 4.90 Å². The number of piperidine rings is 1. The minimum absolute atomic E-state index is 0.0456. The van der Waals surface area contributed by atoms with Crippen LogP contribution in [0.4, 0.5) is 8.78 Å². The number of nitrogens with zero attached hydrogens (tertiary/aromatic N) is 1. The summed E-state index contributed by atoms with van der Waals surface area (Å²) in [5.41, 5.74) is 2.50. The first kappa shape index (κ1) is 23.0. The number of likely N-dealkylation sites (tertiary alicyclic amines) is 1. The highest BCUT2D eigenvalue weighted by atomic mass is 19.1. The lowest BCUT2D eigenvalue weighted by atomic mass is 9.83. The van der Waals surface area contributed by atoms with Crippen molar-refractivity contribution in [3.05, 3.63) is 70.8 Å². The van der Waals surface area contributed by atoms with Crippen molar-refractivity contribution in [3.63, 3.8) is 0 Å². The van der Waals surface area contributed by atoms with Gasteiger partial charge in [0.15, 0.2) is 11.6 Å². The van der Waals surface area contributed by atoms with Crippen LogP contribution in [0.2, 0.25) is 0 Å². The topological polar surface area (TPSA) is 57.2 Å². The van der Waals surface area contributed by atoms with Gasteiger partial charge < -0.3 is 23.8 Å². The standard InChI is InChI=1S/C27H29F2NO5/c28-22-3-1-19(2-4-22)26(32-11-12-33-26)20-7-9-30(10-8-20)25(31)17-21-15-18-16-23(29)5-6-24(18)27(21)34-13-14-35-27/h1-6,16,20-21H,7-15,17H2. The summed E-state index contributed by atoms with van der Waals surface area (Å²) in [4.78, 5) is 15.2. The molecule has 1 spiro atoms. The molecule has 0 N–H and O–H groups in total. The van der Waals surface area contributed by atoms with Crippen molar-refractivity contribution in [2.75, 3.05) is 39.5 Å². The Labute approximate surface area is 203 Å². The van der Waals surface area contributed by atoms with Crippen LogP contribution in [-0.2, 0) is 41.7 Å². The van der Waals surface area contributed by atoms with E-state index in [1.165, 1.54) is 24.3 Å². The number of hydrogen-bond acceptors (Lipinski definition) is 5. The monoisotopic (exact) mass is 485 g/mol. The molecule has 0 aromatic heterocycles. The molecule has 1 amide bonds. The van der Waals surface area contributed by atoms with E-state index in [1.807, 2.05) is 4.90 Å². The molecule has 186 valence electrons. The predicted molar refractivity (Wildman–Crippen MR) is 121 cm³/mol. The molecule has 3 heterocycles. The van der Waals surface area contributed by atoms with Crippen LogP contribution in [0.15, 0.2) is 42.5 Å². The molecule has 2 aromatic rings. The second-order valence-electron chi connectivity index (χ2n) is 9.80. The molecule has 35 heavy (non-hydrogen) atoms. The summed E-state index contributed by atoms with van der Waals surface area (Å²) in [7, 11) is 0. The molecule has 1 aliphatic carbocycles. The molecule has 0 bridgehead atoms. The number of rotatable bonds is 4. The first-order valence-electron chi connectivity index (χ1n) is 12.4. The van der Waals surface area contributed by atoms with Gasteiger partial charge >= 0.3 is 0 Å². The van der Waals surface area contributed by atoms with Gasteiger partial charge in [0.2, 0.25) is 5.91 Å². The number of fused-ring (bicyclic) bond motifs is 2. The minimum Gasteiger partial charge on any atom is -0.343 e. The number of carbonyl (C=O) groups is 1. The molecule has 3 fully saturated rings. The molecule has 4 aliphatic rings. The first-order valence-corrected chi connectivity index (χ1v) is 12.4. The highest BCUT2D eigenvalue weighted by molar-refractivity contribution is 5.77. The number of hydrogen-bond donors (Lipinski definition) is 0. The van der Waals surface area contributed by atoms with Crippen LogP contribution in [-0.4, -0.2) is 50.3 Å². The van der Waals surface area contributed by atoms with E-state index < -0.39 is 11.6 Å². The summed E-state index contributed by atoms with van der Waals surface area (Å²) in [5, 5.41) is 0. The smallest absolute Gasteiger partial charge is 0.223 e. The van der Waals surface area contributed by atoms with Gasteiger partial charge in [0.1, 0.15) is 11.6 Å². The second kappa shape index (κ2) is 8.92. The lowest BCUT2D eigenvalue weighted by Gasteiger charge is -2.41. The van der Waals surface area contributed by atoms with Crippen LogP contribution in [0, 0.1) is 23.5 Å². The van der Waals surface area contributed by atoms with Gasteiger partial charge in [-0.1, -0.05) is 18.2 Å². The molecule has 1 unspecified atom stereocenters. The van der Waals surface area contributed by atoms with E-state index in [2.05, 4.69) is 0 Å². The third-order valence-corrected chi connectivity index (χ3v) is 7.93. The maximum absolute atomic E-state index is 13.9. The van der Waals surface area contributed by atoms with E-state index in [0.717, 1.165) is 29.5 Å². The largest absolute Gasteiger partial charge is 0.343 e. The lowest BCUT2D eigenvalue weighted by molar-refractivity contribution is -0.215. The highest BCUT2D eigenvalue weighted by Gasteiger charge is 2.53. The Kier molecular flexibility index (Phi) is 5.87. The molecule has 6 rings (SSSR count). The number of ether oxygens (including phenoxy) is 4. The molecule has 6 nitrogen and oxygen atoms in total. The van der Waals surface area contributed by atoms with Crippen LogP contribution in [0.1, 0.15) is 36.0 Å². The Hall–Kier alpha value is -2.39. The Morgan fingerprint density at radius 2 is 1.46 bits per heavy atom. The van der Waals surface area contributed by atoms with Crippen molar-refractivity contribution in [2.24, 2.45) is 11.8 Å². The first-order chi connectivity index (χ1) is 17.0. The van der Waals surface area contributed by atoms with Gasteiger partial charge in [-0.2, -0.15) is 0 Å². The Balaban J connectivity index is 1.14. The molecule has 3 aliphatic heterocycles. The maximum atomic E-state index is 13.9. The van der Waals surface area contributed by atoms with Crippen molar-refractivity contribution in [1.29, 1.82) is 0 Å². The number of carbonyl (C=O) groups excluding carboxylic acids is 1. The molecular weight excluding hydrogens is 456 g/mol. The van der Waals surface area contributed by atoms with Crippen molar-refractivity contribution < 1.29 is 32.5 Å². The fourth-order valence-corrected chi connectivity index (χ4v) is 6.31. The number of amides is 1. The average molecular weight is 486 g/mol. The lowest BCUT2D eigenvalue weighted by Crippen LogP contribution is -2.47. The van der Waals surface area contributed by atoms with Crippen LogP contribution in [0.5, 0.6) is 0 Å². The van der Waals surface area contributed by atoms with Gasteiger partial charge in [0, 0.05) is 42.5 Å². The molecular formula is C27H29F2NO5. The van der Waals surface area contributed by atoms with Crippen molar-refractivity contribution in [2.45, 2.75) is 37.3 Å². The molecule has 0 radical (unpaired) electrons. The number of benzene rings is 2. The Morgan fingerprint density at radius 1 is 0.857 bits per heavy atom. The van der Waals surface area contributed by atoms with Gasteiger partial charge in [0.05, 0.1) is 26.4 Å². The third-order valence-electron chi connectivity index (χ3n) is 7.93.